The van der Waals surface area contributed by atoms with E-state index in [0.717, 1.165) is 34.5 Å². The van der Waals surface area contributed by atoms with Crippen molar-refractivity contribution < 1.29 is 0 Å². The van der Waals surface area contributed by atoms with E-state index in [1.54, 1.807) is 6.20 Å². The average Bonchev–Trinajstić information content (AvgIpc) is 2.93. The topological polar surface area (TPSA) is 79.4 Å². The van der Waals surface area contributed by atoms with Gasteiger partial charge in [-0.05, 0) is 41.4 Å². The molecule has 0 aliphatic carbocycles. The van der Waals surface area contributed by atoms with Crippen molar-refractivity contribution in [2.45, 2.75) is 33.6 Å². The molecule has 7 heteroatoms. The van der Waals surface area contributed by atoms with Crippen LogP contribution in [0.25, 0.3) is 11.5 Å². The van der Waals surface area contributed by atoms with Crippen molar-refractivity contribution in [3.8, 4) is 11.5 Å². The van der Waals surface area contributed by atoms with E-state index < -0.39 is 0 Å². The van der Waals surface area contributed by atoms with Crippen LogP contribution in [0.15, 0.2) is 6.20 Å². The lowest BCUT2D eigenvalue weighted by atomic mass is 10.1. The summed E-state index contributed by atoms with van der Waals surface area (Å²) in [5, 5.41) is 13.9. The minimum absolute atomic E-state index is 0.544. The molecule has 0 aliphatic heterocycles. The zero-order valence-electron chi connectivity index (χ0n) is 11.9. The Morgan fingerprint density at radius 3 is 2.75 bits per heavy atom. The molecule has 0 aliphatic rings. The zero-order chi connectivity index (χ0) is 14.5. The summed E-state index contributed by atoms with van der Waals surface area (Å²) < 4.78 is 1.09. The first-order valence-electron chi connectivity index (χ1n) is 6.78. The predicted molar refractivity (Wildman–Crippen MR) is 87.4 cm³/mol. The summed E-state index contributed by atoms with van der Waals surface area (Å²) in [6, 6.07) is 0. The van der Waals surface area contributed by atoms with Crippen molar-refractivity contribution in [2.24, 2.45) is 5.92 Å². The largest absolute Gasteiger partial charge is 0.369 e. The molecule has 0 radical (unpaired) electrons. The van der Waals surface area contributed by atoms with Crippen LogP contribution in [-0.2, 0) is 6.42 Å². The zero-order valence-corrected chi connectivity index (χ0v) is 14.1. The van der Waals surface area contributed by atoms with Gasteiger partial charge in [-0.2, -0.15) is 15.4 Å². The molecule has 2 N–H and O–H groups in total. The Hall–Kier alpha value is -1.25. The Labute approximate surface area is 132 Å². The molecule has 20 heavy (non-hydrogen) atoms. The maximum atomic E-state index is 4.64. The van der Waals surface area contributed by atoms with Crippen molar-refractivity contribution in [2.75, 3.05) is 11.9 Å². The van der Waals surface area contributed by atoms with Crippen LogP contribution in [0, 0.1) is 9.49 Å². The van der Waals surface area contributed by atoms with Gasteiger partial charge in [-0.25, -0.2) is 9.97 Å². The van der Waals surface area contributed by atoms with Crippen LogP contribution in [0.1, 0.15) is 32.9 Å². The highest BCUT2D eigenvalue weighted by atomic mass is 127. The Morgan fingerprint density at radius 2 is 2.15 bits per heavy atom. The molecule has 108 valence electrons. The van der Waals surface area contributed by atoms with Gasteiger partial charge in [0.15, 0.2) is 5.82 Å². The second-order valence-corrected chi connectivity index (χ2v) is 6.12. The van der Waals surface area contributed by atoms with E-state index in [1.165, 1.54) is 0 Å². The standard InChI is InChI=1S/C13H19IN6/c1-4-5-15-13-11(14)9(6-8(2)3)17-12(18-13)10-7-16-20-19-10/h7-8H,4-6H2,1-3H3,(H,15,17,18)(H,16,19,20). The van der Waals surface area contributed by atoms with Crippen LogP contribution in [0.2, 0.25) is 0 Å². The van der Waals surface area contributed by atoms with Gasteiger partial charge >= 0.3 is 0 Å². The van der Waals surface area contributed by atoms with Gasteiger partial charge in [0.2, 0.25) is 0 Å². The van der Waals surface area contributed by atoms with Crippen LogP contribution in [0.5, 0.6) is 0 Å². The van der Waals surface area contributed by atoms with Gasteiger partial charge in [-0.15, -0.1) is 0 Å². The van der Waals surface area contributed by atoms with Crippen molar-refractivity contribution in [1.82, 2.24) is 25.4 Å². The summed E-state index contributed by atoms with van der Waals surface area (Å²) in [6.45, 7) is 7.40. The van der Waals surface area contributed by atoms with Gasteiger partial charge in [-0.3, -0.25) is 0 Å². The van der Waals surface area contributed by atoms with E-state index in [9.17, 15) is 0 Å². The molecular weight excluding hydrogens is 367 g/mol. The molecule has 0 fully saturated rings. The number of aromatic nitrogens is 5. The molecule has 2 aromatic heterocycles. The first-order chi connectivity index (χ1) is 9.61. The highest BCUT2D eigenvalue weighted by Gasteiger charge is 2.15. The lowest BCUT2D eigenvalue weighted by molar-refractivity contribution is 0.632. The molecule has 0 aromatic carbocycles. The van der Waals surface area contributed by atoms with Crippen LogP contribution in [0.4, 0.5) is 5.82 Å². The number of anilines is 1. The summed E-state index contributed by atoms with van der Waals surface area (Å²) >= 11 is 2.32. The first-order valence-corrected chi connectivity index (χ1v) is 7.86. The summed E-state index contributed by atoms with van der Waals surface area (Å²) in [6.07, 6.45) is 3.62. The van der Waals surface area contributed by atoms with E-state index in [1.807, 2.05) is 0 Å². The van der Waals surface area contributed by atoms with Crippen molar-refractivity contribution in [1.29, 1.82) is 0 Å². The van der Waals surface area contributed by atoms with E-state index in [-0.39, 0.29) is 0 Å². The Bertz CT molecular complexity index is 552. The molecule has 6 nitrogen and oxygen atoms in total. The van der Waals surface area contributed by atoms with Crippen LogP contribution < -0.4 is 5.32 Å². The fraction of sp³-hybridized carbons (Fsp3) is 0.538. The van der Waals surface area contributed by atoms with Crippen LogP contribution >= 0.6 is 22.6 Å². The maximum Gasteiger partial charge on any atom is 0.184 e. The van der Waals surface area contributed by atoms with Crippen LogP contribution in [-0.4, -0.2) is 31.9 Å². The number of hydrogen-bond acceptors (Lipinski definition) is 5. The van der Waals surface area contributed by atoms with Gasteiger partial charge in [0, 0.05) is 6.54 Å². The fourth-order valence-corrected chi connectivity index (χ4v) is 2.45. The number of rotatable bonds is 6. The van der Waals surface area contributed by atoms with Gasteiger partial charge in [-0.1, -0.05) is 20.8 Å². The minimum Gasteiger partial charge on any atom is -0.369 e. The minimum atomic E-state index is 0.544. The molecule has 2 aromatic rings. The fourth-order valence-electron chi connectivity index (χ4n) is 1.80. The first kappa shape index (κ1) is 15.1. The second kappa shape index (κ2) is 6.96. The second-order valence-electron chi connectivity index (χ2n) is 5.04. The third-order valence-corrected chi connectivity index (χ3v) is 3.84. The van der Waals surface area contributed by atoms with E-state index in [0.29, 0.717) is 17.4 Å². The number of nitrogens with zero attached hydrogens (tertiary/aromatic N) is 4. The lowest BCUT2D eigenvalue weighted by Gasteiger charge is -2.13. The Morgan fingerprint density at radius 1 is 1.35 bits per heavy atom. The quantitative estimate of drug-likeness (QED) is 0.747. The Kier molecular flexibility index (Phi) is 5.27. The molecule has 2 rings (SSSR count). The van der Waals surface area contributed by atoms with Crippen molar-refractivity contribution >= 4 is 28.4 Å². The lowest BCUT2D eigenvalue weighted by Crippen LogP contribution is -2.10. The maximum absolute atomic E-state index is 4.64. The molecule has 0 saturated carbocycles. The predicted octanol–water partition coefficient (Wildman–Crippen LogP) is 2.89. The third-order valence-electron chi connectivity index (χ3n) is 2.71. The number of halogens is 1. The van der Waals surface area contributed by atoms with E-state index in [4.69, 9.17) is 0 Å². The van der Waals surface area contributed by atoms with Gasteiger partial charge in [0.25, 0.3) is 0 Å². The smallest absolute Gasteiger partial charge is 0.184 e. The van der Waals surface area contributed by atoms with Crippen molar-refractivity contribution in [3.05, 3.63) is 15.5 Å². The monoisotopic (exact) mass is 386 g/mol. The summed E-state index contributed by atoms with van der Waals surface area (Å²) in [7, 11) is 0. The van der Waals surface area contributed by atoms with Gasteiger partial charge in [0.05, 0.1) is 15.5 Å². The Balaban J connectivity index is 2.42. The van der Waals surface area contributed by atoms with E-state index in [2.05, 4.69) is 74.1 Å². The third kappa shape index (κ3) is 3.65. The van der Waals surface area contributed by atoms with Crippen molar-refractivity contribution in [3.63, 3.8) is 0 Å². The molecule has 0 atom stereocenters. The summed E-state index contributed by atoms with van der Waals surface area (Å²) in [5.74, 6) is 2.05. The SMILES string of the molecule is CCCNc1nc(-c2cn[nH]n2)nc(CC(C)C)c1I. The number of nitrogens with one attached hydrogen (secondary N) is 2. The molecule has 0 amide bonds. The van der Waals surface area contributed by atoms with E-state index >= 15 is 0 Å². The number of hydrogen-bond donors (Lipinski definition) is 2. The molecule has 2 heterocycles. The van der Waals surface area contributed by atoms with Crippen LogP contribution in [0.3, 0.4) is 0 Å². The molecule has 0 bridgehead atoms. The molecule has 0 unspecified atom stereocenters. The summed E-state index contributed by atoms with van der Waals surface area (Å²) in [4.78, 5) is 9.21. The summed E-state index contributed by atoms with van der Waals surface area (Å²) in [5.41, 5.74) is 1.73. The average molecular weight is 386 g/mol. The van der Waals surface area contributed by atoms with Gasteiger partial charge in [0.1, 0.15) is 11.5 Å². The molecule has 0 saturated heterocycles. The molecular formula is C13H19IN6. The molecule has 0 spiro atoms. The number of aromatic amines is 1. The normalized spacial score (nSPS) is 11.1. The number of H-pyrrole nitrogens is 1. The highest BCUT2D eigenvalue weighted by Crippen LogP contribution is 2.24. The highest BCUT2D eigenvalue weighted by molar-refractivity contribution is 14.1. The van der Waals surface area contributed by atoms with Gasteiger partial charge < -0.3 is 5.32 Å².